The first-order chi connectivity index (χ1) is 6.24. The monoisotopic (exact) mass is 188 g/mol. The van der Waals surface area contributed by atoms with Crippen LogP contribution in [0.4, 0.5) is 0 Å². The zero-order chi connectivity index (χ0) is 9.84. The summed E-state index contributed by atoms with van der Waals surface area (Å²) in [4.78, 5) is 0. The van der Waals surface area contributed by atoms with Crippen molar-refractivity contribution in [2.45, 2.75) is 18.9 Å². The van der Waals surface area contributed by atoms with Gasteiger partial charge in [0.05, 0.1) is 19.3 Å². The second-order valence-corrected chi connectivity index (χ2v) is 3.34. The summed E-state index contributed by atoms with van der Waals surface area (Å²) in [7, 11) is 0. The molecule has 0 amide bonds. The lowest BCUT2D eigenvalue weighted by atomic mass is 9.96. The van der Waals surface area contributed by atoms with Gasteiger partial charge in [0, 0.05) is 12.5 Å². The predicted molar refractivity (Wildman–Crippen MR) is 47.0 cm³/mol. The third kappa shape index (κ3) is 2.08. The smallest absolute Gasteiger partial charge is 0.0648 e. The van der Waals surface area contributed by atoms with Crippen LogP contribution >= 0.6 is 0 Å². The van der Waals surface area contributed by atoms with Gasteiger partial charge in [-0.15, -0.1) is 0 Å². The molecule has 1 rings (SSSR count). The molecule has 0 heterocycles. The van der Waals surface area contributed by atoms with Gasteiger partial charge in [0.2, 0.25) is 0 Å². The Balaban J connectivity index is 2.75. The van der Waals surface area contributed by atoms with Crippen molar-refractivity contribution in [3.63, 3.8) is 0 Å². The van der Waals surface area contributed by atoms with Gasteiger partial charge >= 0.3 is 0 Å². The highest BCUT2D eigenvalue weighted by Crippen LogP contribution is 2.33. The van der Waals surface area contributed by atoms with E-state index >= 15 is 0 Å². The fourth-order valence-corrected chi connectivity index (χ4v) is 1.92. The van der Waals surface area contributed by atoms with E-state index in [-0.39, 0.29) is 25.7 Å². The lowest BCUT2D eigenvalue weighted by Gasteiger charge is -2.16. The van der Waals surface area contributed by atoms with Crippen LogP contribution in [-0.2, 0) is 0 Å². The molecule has 76 valence electrons. The molecule has 13 heavy (non-hydrogen) atoms. The minimum Gasteiger partial charge on any atom is -0.396 e. The first kappa shape index (κ1) is 10.7. The quantitative estimate of drug-likeness (QED) is 0.428. The molecule has 4 heteroatoms. The van der Waals surface area contributed by atoms with E-state index in [0.29, 0.717) is 24.0 Å². The lowest BCUT2D eigenvalue weighted by molar-refractivity contribution is 0.114. The molecule has 0 saturated heterocycles. The van der Waals surface area contributed by atoms with Gasteiger partial charge in [-0.25, -0.2) is 0 Å². The normalized spacial score (nSPS) is 28.6. The first-order valence-corrected chi connectivity index (χ1v) is 4.46. The summed E-state index contributed by atoms with van der Waals surface area (Å²) in [6.45, 7) is -0.267. The molecule has 2 atom stereocenters. The Hall–Kier alpha value is -0.420. The van der Waals surface area contributed by atoms with Crippen molar-refractivity contribution in [2.24, 2.45) is 5.92 Å². The van der Waals surface area contributed by atoms with Gasteiger partial charge in [0.15, 0.2) is 0 Å². The summed E-state index contributed by atoms with van der Waals surface area (Å²) in [6.07, 6.45) is 0.300. The van der Waals surface area contributed by atoms with Crippen LogP contribution in [-0.4, -0.2) is 46.4 Å². The Labute approximate surface area is 77.1 Å². The summed E-state index contributed by atoms with van der Waals surface area (Å²) in [5.74, 6) is -0.183. The van der Waals surface area contributed by atoms with E-state index in [9.17, 15) is 5.11 Å². The molecule has 0 aromatic rings. The van der Waals surface area contributed by atoms with Crippen molar-refractivity contribution in [2.75, 3.05) is 19.8 Å². The van der Waals surface area contributed by atoms with Crippen LogP contribution in [0.25, 0.3) is 0 Å². The number of hydrogen-bond donors (Lipinski definition) is 4. The van der Waals surface area contributed by atoms with Gasteiger partial charge in [-0.2, -0.15) is 0 Å². The maximum absolute atomic E-state index is 9.55. The average Bonchev–Trinajstić information content (AvgIpc) is 2.44. The molecule has 0 spiro atoms. The largest absolute Gasteiger partial charge is 0.396 e. The summed E-state index contributed by atoms with van der Waals surface area (Å²) in [6, 6.07) is 0. The van der Waals surface area contributed by atoms with Gasteiger partial charge in [-0.3, -0.25) is 0 Å². The SMILES string of the molecule is OCCC1C(CO)=C(CO)CC1O. The van der Waals surface area contributed by atoms with Crippen LogP contribution in [0.15, 0.2) is 11.1 Å². The van der Waals surface area contributed by atoms with Crippen LogP contribution in [0.1, 0.15) is 12.8 Å². The Morgan fingerprint density at radius 3 is 2.31 bits per heavy atom. The molecule has 0 aliphatic heterocycles. The summed E-state index contributed by atoms with van der Waals surface area (Å²) >= 11 is 0. The topological polar surface area (TPSA) is 80.9 Å². The van der Waals surface area contributed by atoms with Gasteiger partial charge in [-0.1, -0.05) is 0 Å². The van der Waals surface area contributed by atoms with Crippen molar-refractivity contribution in [3.8, 4) is 0 Å². The molecule has 1 aliphatic carbocycles. The number of aliphatic hydroxyl groups is 4. The highest BCUT2D eigenvalue weighted by molar-refractivity contribution is 5.26. The van der Waals surface area contributed by atoms with E-state index in [1.165, 1.54) is 0 Å². The second-order valence-electron chi connectivity index (χ2n) is 3.34. The molecule has 4 N–H and O–H groups in total. The molecule has 0 radical (unpaired) electrons. The maximum Gasteiger partial charge on any atom is 0.0648 e. The zero-order valence-electron chi connectivity index (χ0n) is 7.48. The predicted octanol–water partition coefficient (Wildman–Crippen LogP) is -0.969. The molecule has 0 bridgehead atoms. The van der Waals surface area contributed by atoms with E-state index in [2.05, 4.69) is 0 Å². The van der Waals surface area contributed by atoms with Crippen LogP contribution in [0.5, 0.6) is 0 Å². The second kappa shape index (κ2) is 4.72. The van der Waals surface area contributed by atoms with Gasteiger partial charge in [0.1, 0.15) is 0 Å². The van der Waals surface area contributed by atoms with E-state index in [0.717, 1.165) is 0 Å². The number of aliphatic hydroxyl groups excluding tert-OH is 4. The van der Waals surface area contributed by atoms with Crippen LogP contribution in [0, 0.1) is 5.92 Å². The molecular weight excluding hydrogens is 172 g/mol. The Bertz CT molecular complexity index is 200. The highest BCUT2D eigenvalue weighted by Gasteiger charge is 2.31. The van der Waals surface area contributed by atoms with Gasteiger partial charge < -0.3 is 20.4 Å². The minimum absolute atomic E-state index is 0.00998. The molecule has 0 aromatic carbocycles. The zero-order valence-corrected chi connectivity index (χ0v) is 7.48. The average molecular weight is 188 g/mol. The molecular formula is C9H16O4. The molecule has 0 aromatic heterocycles. The Kier molecular flexibility index (Phi) is 3.87. The fourth-order valence-electron chi connectivity index (χ4n) is 1.92. The minimum atomic E-state index is -0.559. The third-order valence-electron chi connectivity index (χ3n) is 2.62. The van der Waals surface area contributed by atoms with Gasteiger partial charge in [-0.05, 0) is 24.0 Å². The van der Waals surface area contributed by atoms with E-state index in [1.807, 2.05) is 0 Å². The Morgan fingerprint density at radius 2 is 1.85 bits per heavy atom. The van der Waals surface area contributed by atoms with Crippen LogP contribution in [0.2, 0.25) is 0 Å². The van der Waals surface area contributed by atoms with E-state index in [4.69, 9.17) is 15.3 Å². The molecule has 4 nitrogen and oxygen atoms in total. The number of hydrogen-bond acceptors (Lipinski definition) is 4. The summed E-state index contributed by atoms with van der Waals surface area (Å²) in [5, 5.41) is 36.2. The molecule has 2 unspecified atom stereocenters. The standard InChI is InChI=1S/C9H16O4/c10-2-1-7-8(5-12)6(4-11)3-9(7)13/h7,9-13H,1-5H2. The fraction of sp³-hybridized carbons (Fsp3) is 0.778. The van der Waals surface area contributed by atoms with Crippen LogP contribution in [0.3, 0.4) is 0 Å². The van der Waals surface area contributed by atoms with Crippen molar-refractivity contribution < 1.29 is 20.4 Å². The van der Waals surface area contributed by atoms with Crippen LogP contribution < -0.4 is 0 Å². The lowest BCUT2D eigenvalue weighted by Crippen LogP contribution is -2.19. The molecule has 0 fully saturated rings. The van der Waals surface area contributed by atoms with E-state index in [1.54, 1.807) is 0 Å². The summed E-state index contributed by atoms with van der Waals surface area (Å²) < 4.78 is 0. The van der Waals surface area contributed by atoms with Gasteiger partial charge in [0.25, 0.3) is 0 Å². The maximum atomic E-state index is 9.55. The summed E-state index contributed by atoms with van der Waals surface area (Å²) in [5.41, 5.74) is 1.41. The first-order valence-electron chi connectivity index (χ1n) is 4.46. The highest BCUT2D eigenvalue weighted by atomic mass is 16.3. The van der Waals surface area contributed by atoms with Crippen molar-refractivity contribution in [1.82, 2.24) is 0 Å². The number of rotatable bonds is 4. The van der Waals surface area contributed by atoms with Crippen molar-refractivity contribution in [3.05, 3.63) is 11.1 Å². The van der Waals surface area contributed by atoms with E-state index < -0.39 is 6.10 Å². The van der Waals surface area contributed by atoms with Crippen molar-refractivity contribution >= 4 is 0 Å². The third-order valence-corrected chi connectivity index (χ3v) is 2.62. The molecule has 1 aliphatic rings. The Morgan fingerprint density at radius 1 is 1.15 bits per heavy atom. The van der Waals surface area contributed by atoms with Crippen molar-refractivity contribution in [1.29, 1.82) is 0 Å². The molecule has 0 saturated carbocycles.